The molecule has 0 amide bonds. The summed E-state index contributed by atoms with van der Waals surface area (Å²) in [6, 6.07) is 0.425. The summed E-state index contributed by atoms with van der Waals surface area (Å²) in [6.45, 7) is 6.78. The molecule has 0 heterocycles. The number of likely N-dealkylation sites (N-methyl/N-ethyl adjacent to an activating group) is 1. The Hall–Kier alpha value is -0.340. The van der Waals surface area contributed by atoms with Gasteiger partial charge in [-0.05, 0) is 25.2 Å². The summed E-state index contributed by atoms with van der Waals surface area (Å²) in [4.78, 5) is 0. The first-order valence-corrected chi connectivity index (χ1v) is 4.67. The summed E-state index contributed by atoms with van der Waals surface area (Å²) < 4.78 is 0. The van der Waals surface area contributed by atoms with E-state index in [2.05, 4.69) is 26.8 Å². The summed E-state index contributed by atoms with van der Waals surface area (Å²) in [5, 5.41) is 1.82. The molecule has 12 heavy (non-hydrogen) atoms. The van der Waals surface area contributed by atoms with Crippen LogP contribution in [-0.4, -0.2) is 18.1 Å². The van der Waals surface area contributed by atoms with Gasteiger partial charge in [-0.15, -0.1) is 0 Å². The van der Waals surface area contributed by atoms with Gasteiger partial charge in [-0.25, -0.2) is 5.01 Å². The van der Waals surface area contributed by atoms with Crippen LogP contribution in [-0.2, 0) is 0 Å². The maximum atomic E-state index is 5.77. The van der Waals surface area contributed by atoms with Crippen LogP contribution in [0.1, 0.15) is 27.2 Å². The number of hydrogen-bond donors (Lipinski definition) is 1. The number of rotatable bonds is 1. The molecule has 1 aliphatic rings. The third kappa shape index (κ3) is 1.87. The van der Waals surface area contributed by atoms with Gasteiger partial charge in [0.2, 0.25) is 0 Å². The van der Waals surface area contributed by atoms with E-state index in [4.69, 9.17) is 5.84 Å². The fraction of sp³-hybridized carbons (Fsp3) is 0.800. The van der Waals surface area contributed by atoms with Crippen molar-refractivity contribution in [3.05, 3.63) is 11.6 Å². The van der Waals surface area contributed by atoms with Crippen molar-refractivity contribution < 1.29 is 0 Å². The minimum atomic E-state index is 0.425. The van der Waals surface area contributed by atoms with Gasteiger partial charge in [0.15, 0.2) is 0 Å². The number of hydrazine groups is 1. The Morgan fingerprint density at radius 3 is 2.58 bits per heavy atom. The molecule has 0 unspecified atom stereocenters. The highest BCUT2D eigenvalue weighted by Gasteiger charge is 2.27. The SMILES string of the molecule is CC1=C[C@@H](N(C)N)[C@H](C)[C@@H](C)C1. The van der Waals surface area contributed by atoms with Crippen LogP contribution in [0, 0.1) is 11.8 Å². The highest BCUT2D eigenvalue weighted by Crippen LogP contribution is 2.30. The second-order valence-electron chi connectivity index (χ2n) is 4.21. The maximum absolute atomic E-state index is 5.77. The summed E-state index contributed by atoms with van der Waals surface area (Å²) in [7, 11) is 1.95. The molecule has 0 saturated carbocycles. The average Bonchev–Trinajstić information content (AvgIpc) is 1.96. The van der Waals surface area contributed by atoms with Gasteiger partial charge in [0, 0.05) is 13.1 Å². The standard InChI is InChI=1S/C10H20N2/c1-7-5-8(2)9(3)10(6-7)12(4)11/h6,8-10H,5,11H2,1-4H3/t8-,9+,10+/m0/s1. The fourth-order valence-electron chi connectivity index (χ4n) is 2.03. The maximum Gasteiger partial charge on any atom is 0.0448 e. The van der Waals surface area contributed by atoms with Gasteiger partial charge in [0.1, 0.15) is 0 Å². The predicted molar refractivity (Wildman–Crippen MR) is 52.4 cm³/mol. The van der Waals surface area contributed by atoms with E-state index in [9.17, 15) is 0 Å². The number of allylic oxidation sites excluding steroid dienone is 1. The molecule has 3 atom stereocenters. The van der Waals surface area contributed by atoms with E-state index >= 15 is 0 Å². The van der Waals surface area contributed by atoms with Crippen molar-refractivity contribution in [1.29, 1.82) is 0 Å². The molecular formula is C10H20N2. The normalized spacial score (nSPS) is 36.8. The van der Waals surface area contributed by atoms with E-state index in [1.54, 1.807) is 0 Å². The number of hydrogen-bond acceptors (Lipinski definition) is 2. The topological polar surface area (TPSA) is 29.3 Å². The molecule has 2 nitrogen and oxygen atoms in total. The largest absolute Gasteiger partial charge is 0.268 e. The van der Waals surface area contributed by atoms with Crippen molar-refractivity contribution >= 4 is 0 Å². The van der Waals surface area contributed by atoms with Gasteiger partial charge >= 0.3 is 0 Å². The van der Waals surface area contributed by atoms with E-state index in [0.29, 0.717) is 12.0 Å². The van der Waals surface area contributed by atoms with Gasteiger partial charge < -0.3 is 0 Å². The molecule has 0 aromatic rings. The summed E-state index contributed by atoms with van der Waals surface area (Å²) >= 11 is 0. The lowest BCUT2D eigenvalue weighted by Crippen LogP contribution is -2.44. The molecule has 1 rings (SSSR count). The second-order valence-corrected chi connectivity index (χ2v) is 4.21. The van der Waals surface area contributed by atoms with Crippen molar-refractivity contribution in [2.24, 2.45) is 17.7 Å². The van der Waals surface area contributed by atoms with E-state index in [-0.39, 0.29) is 0 Å². The first-order valence-electron chi connectivity index (χ1n) is 4.67. The van der Waals surface area contributed by atoms with Crippen molar-refractivity contribution in [1.82, 2.24) is 5.01 Å². The summed E-state index contributed by atoms with van der Waals surface area (Å²) in [6.07, 6.45) is 3.52. The van der Waals surface area contributed by atoms with Crippen molar-refractivity contribution in [2.75, 3.05) is 7.05 Å². The Bertz CT molecular complexity index is 184. The lowest BCUT2D eigenvalue weighted by Gasteiger charge is -2.35. The molecule has 70 valence electrons. The van der Waals surface area contributed by atoms with Crippen LogP contribution in [0.2, 0.25) is 0 Å². The summed E-state index contributed by atoms with van der Waals surface area (Å²) in [5.74, 6) is 7.20. The zero-order valence-electron chi connectivity index (χ0n) is 8.54. The Morgan fingerprint density at radius 1 is 1.50 bits per heavy atom. The van der Waals surface area contributed by atoms with Crippen molar-refractivity contribution in [3.8, 4) is 0 Å². The zero-order valence-corrected chi connectivity index (χ0v) is 8.54. The van der Waals surface area contributed by atoms with E-state index in [1.165, 1.54) is 12.0 Å². The molecule has 0 aromatic carbocycles. The van der Waals surface area contributed by atoms with Crippen LogP contribution in [0.3, 0.4) is 0 Å². The first-order chi connectivity index (χ1) is 5.52. The third-order valence-corrected chi connectivity index (χ3v) is 3.01. The van der Waals surface area contributed by atoms with Gasteiger partial charge in [0.05, 0.1) is 0 Å². The lowest BCUT2D eigenvalue weighted by atomic mass is 9.79. The van der Waals surface area contributed by atoms with E-state index < -0.39 is 0 Å². The minimum Gasteiger partial charge on any atom is -0.268 e. The van der Waals surface area contributed by atoms with Gasteiger partial charge in [-0.3, -0.25) is 5.84 Å². The molecule has 2 N–H and O–H groups in total. The zero-order chi connectivity index (χ0) is 9.30. The Balaban J connectivity index is 2.77. The molecule has 0 bridgehead atoms. The third-order valence-electron chi connectivity index (χ3n) is 3.01. The molecule has 0 aliphatic heterocycles. The Kier molecular flexibility index (Phi) is 2.91. The predicted octanol–water partition coefficient (Wildman–Crippen LogP) is 1.78. The van der Waals surface area contributed by atoms with E-state index in [1.807, 2.05) is 12.1 Å². The van der Waals surface area contributed by atoms with Crippen LogP contribution in [0.15, 0.2) is 11.6 Å². The molecule has 0 aromatic heterocycles. The van der Waals surface area contributed by atoms with Crippen molar-refractivity contribution in [3.63, 3.8) is 0 Å². The molecule has 0 fully saturated rings. The van der Waals surface area contributed by atoms with Crippen LogP contribution in [0.25, 0.3) is 0 Å². The second kappa shape index (κ2) is 3.58. The van der Waals surface area contributed by atoms with Crippen LogP contribution in [0.4, 0.5) is 0 Å². The molecule has 0 saturated heterocycles. The number of nitrogens with zero attached hydrogens (tertiary/aromatic N) is 1. The van der Waals surface area contributed by atoms with Crippen molar-refractivity contribution in [2.45, 2.75) is 33.2 Å². The molecule has 0 spiro atoms. The van der Waals surface area contributed by atoms with Gasteiger partial charge in [0.25, 0.3) is 0 Å². The highest BCUT2D eigenvalue weighted by molar-refractivity contribution is 5.11. The van der Waals surface area contributed by atoms with Gasteiger partial charge in [-0.2, -0.15) is 0 Å². The minimum absolute atomic E-state index is 0.425. The van der Waals surface area contributed by atoms with Crippen LogP contribution < -0.4 is 5.84 Å². The lowest BCUT2D eigenvalue weighted by molar-refractivity contribution is 0.175. The monoisotopic (exact) mass is 168 g/mol. The summed E-state index contributed by atoms with van der Waals surface area (Å²) in [5.41, 5.74) is 1.47. The van der Waals surface area contributed by atoms with Crippen LogP contribution in [0.5, 0.6) is 0 Å². The van der Waals surface area contributed by atoms with Gasteiger partial charge in [-0.1, -0.05) is 25.5 Å². The smallest absolute Gasteiger partial charge is 0.0448 e. The first kappa shape index (κ1) is 9.75. The highest BCUT2D eigenvalue weighted by atomic mass is 15.4. The molecule has 0 radical (unpaired) electrons. The number of nitrogens with two attached hydrogens (primary N) is 1. The van der Waals surface area contributed by atoms with E-state index in [0.717, 1.165) is 5.92 Å². The van der Waals surface area contributed by atoms with Crippen LogP contribution >= 0.6 is 0 Å². The Morgan fingerprint density at radius 2 is 2.08 bits per heavy atom. The average molecular weight is 168 g/mol. The quantitative estimate of drug-likeness (QED) is 0.367. The molecule has 2 heteroatoms. The Labute approximate surface area is 75.4 Å². The molecule has 1 aliphatic carbocycles. The molecular weight excluding hydrogens is 148 g/mol. The fourth-order valence-corrected chi connectivity index (χ4v) is 2.03.